The highest BCUT2D eigenvalue weighted by molar-refractivity contribution is 5.79. The van der Waals surface area contributed by atoms with Gasteiger partial charge >= 0.3 is 0 Å². The van der Waals surface area contributed by atoms with Crippen LogP contribution in [-0.4, -0.2) is 32.2 Å². The van der Waals surface area contributed by atoms with Crippen LogP contribution in [0.1, 0.15) is 38.5 Å². The predicted octanol–water partition coefficient (Wildman–Crippen LogP) is 1.05. The number of hydrogen-bond acceptors (Lipinski definition) is 3. The Hall–Kier alpha value is -0.610. The lowest BCUT2D eigenvalue weighted by Gasteiger charge is -2.25. The topological polar surface area (TPSA) is 64.3 Å². The molecule has 1 aliphatic carbocycles. The highest BCUT2D eigenvalue weighted by atomic mass is 16.5. The van der Waals surface area contributed by atoms with Crippen molar-refractivity contribution < 1.29 is 9.53 Å². The van der Waals surface area contributed by atoms with Crippen molar-refractivity contribution in [2.75, 3.05) is 20.3 Å². The van der Waals surface area contributed by atoms with Gasteiger partial charge in [-0.25, -0.2) is 0 Å². The summed E-state index contributed by atoms with van der Waals surface area (Å²) in [5.41, 5.74) is 5.39. The van der Waals surface area contributed by atoms with Gasteiger partial charge in [-0.2, -0.15) is 0 Å². The first-order valence-corrected chi connectivity index (χ1v) is 6.25. The van der Waals surface area contributed by atoms with Crippen LogP contribution in [0.2, 0.25) is 0 Å². The fourth-order valence-electron chi connectivity index (χ4n) is 2.39. The summed E-state index contributed by atoms with van der Waals surface area (Å²) in [5.74, 6) is 0.433. The van der Waals surface area contributed by atoms with Crippen molar-refractivity contribution in [2.24, 2.45) is 11.7 Å². The van der Waals surface area contributed by atoms with Crippen LogP contribution in [-0.2, 0) is 9.53 Å². The minimum Gasteiger partial charge on any atom is -0.383 e. The standard InChI is InChI=1S/C12H24N2O2/c1-16-8-7-14-11(12(13)15)9-10-5-3-2-4-6-10/h10-11,14H,2-9H2,1H3,(H2,13,15). The second-order valence-electron chi connectivity index (χ2n) is 4.64. The Morgan fingerprint density at radius 1 is 1.44 bits per heavy atom. The Labute approximate surface area is 97.9 Å². The summed E-state index contributed by atoms with van der Waals surface area (Å²) in [6.07, 6.45) is 7.32. The summed E-state index contributed by atoms with van der Waals surface area (Å²) < 4.78 is 4.95. The van der Waals surface area contributed by atoms with Crippen LogP contribution in [0.5, 0.6) is 0 Å². The molecule has 0 spiro atoms. The summed E-state index contributed by atoms with van der Waals surface area (Å²) >= 11 is 0. The fourth-order valence-corrected chi connectivity index (χ4v) is 2.39. The highest BCUT2D eigenvalue weighted by Gasteiger charge is 2.21. The van der Waals surface area contributed by atoms with Gasteiger partial charge in [-0.05, 0) is 12.3 Å². The number of hydrogen-bond donors (Lipinski definition) is 2. The molecule has 1 aliphatic rings. The van der Waals surface area contributed by atoms with Crippen molar-refractivity contribution in [1.82, 2.24) is 5.32 Å². The first-order valence-electron chi connectivity index (χ1n) is 6.25. The molecule has 0 bridgehead atoms. The van der Waals surface area contributed by atoms with E-state index in [9.17, 15) is 4.79 Å². The van der Waals surface area contributed by atoms with E-state index in [0.717, 1.165) is 6.42 Å². The highest BCUT2D eigenvalue weighted by Crippen LogP contribution is 2.27. The number of carbonyl (C=O) groups excluding carboxylic acids is 1. The zero-order chi connectivity index (χ0) is 11.8. The van der Waals surface area contributed by atoms with Gasteiger partial charge in [-0.15, -0.1) is 0 Å². The van der Waals surface area contributed by atoms with Crippen molar-refractivity contribution in [2.45, 2.75) is 44.6 Å². The van der Waals surface area contributed by atoms with Crippen LogP contribution in [0, 0.1) is 5.92 Å². The van der Waals surface area contributed by atoms with Crippen molar-refractivity contribution in [3.8, 4) is 0 Å². The van der Waals surface area contributed by atoms with Gasteiger partial charge in [-0.1, -0.05) is 32.1 Å². The quantitative estimate of drug-likeness (QED) is 0.640. The molecular formula is C12H24N2O2. The summed E-state index contributed by atoms with van der Waals surface area (Å²) in [5, 5.41) is 3.17. The number of amides is 1. The van der Waals surface area contributed by atoms with Crippen molar-refractivity contribution >= 4 is 5.91 Å². The van der Waals surface area contributed by atoms with Gasteiger partial charge in [-0.3, -0.25) is 4.79 Å². The molecule has 0 aromatic rings. The number of primary amides is 1. The molecule has 0 saturated heterocycles. The van der Waals surface area contributed by atoms with Crippen LogP contribution in [0.4, 0.5) is 0 Å². The normalized spacial score (nSPS) is 19.6. The van der Waals surface area contributed by atoms with E-state index in [1.54, 1.807) is 7.11 Å². The molecule has 0 aromatic carbocycles. The van der Waals surface area contributed by atoms with Gasteiger partial charge in [0.25, 0.3) is 0 Å². The molecule has 4 heteroatoms. The molecule has 0 aromatic heterocycles. The molecule has 1 unspecified atom stereocenters. The van der Waals surface area contributed by atoms with E-state index in [4.69, 9.17) is 10.5 Å². The molecule has 3 N–H and O–H groups in total. The Kier molecular flexibility index (Phi) is 6.42. The Bertz CT molecular complexity index is 203. The first-order chi connectivity index (χ1) is 7.74. The molecule has 0 radical (unpaired) electrons. The molecule has 1 saturated carbocycles. The van der Waals surface area contributed by atoms with Crippen molar-refractivity contribution in [1.29, 1.82) is 0 Å². The van der Waals surface area contributed by atoms with Crippen LogP contribution in [0.3, 0.4) is 0 Å². The van der Waals surface area contributed by atoms with E-state index in [2.05, 4.69) is 5.32 Å². The maximum absolute atomic E-state index is 11.3. The Balaban J connectivity index is 2.28. The minimum absolute atomic E-state index is 0.182. The maximum atomic E-state index is 11.3. The summed E-state index contributed by atoms with van der Waals surface area (Å²) in [6.45, 7) is 1.31. The van der Waals surface area contributed by atoms with E-state index >= 15 is 0 Å². The molecular weight excluding hydrogens is 204 g/mol. The van der Waals surface area contributed by atoms with Gasteiger partial charge in [0.15, 0.2) is 0 Å². The smallest absolute Gasteiger partial charge is 0.234 e. The van der Waals surface area contributed by atoms with E-state index in [0.29, 0.717) is 19.1 Å². The molecule has 4 nitrogen and oxygen atoms in total. The lowest BCUT2D eigenvalue weighted by Crippen LogP contribution is -2.44. The van der Waals surface area contributed by atoms with Crippen molar-refractivity contribution in [3.63, 3.8) is 0 Å². The molecule has 1 amide bonds. The lowest BCUT2D eigenvalue weighted by molar-refractivity contribution is -0.120. The minimum atomic E-state index is -0.235. The maximum Gasteiger partial charge on any atom is 0.234 e. The second-order valence-corrected chi connectivity index (χ2v) is 4.64. The average Bonchev–Trinajstić information content (AvgIpc) is 2.29. The monoisotopic (exact) mass is 228 g/mol. The van der Waals surface area contributed by atoms with Crippen molar-refractivity contribution in [3.05, 3.63) is 0 Å². The largest absolute Gasteiger partial charge is 0.383 e. The van der Waals surface area contributed by atoms with Gasteiger partial charge in [0.05, 0.1) is 12.6 Å². The average molecular weight is 228 g/mol. The second kappa shape index (κ2) is 7.63. The van der Waals surface area contributed by atoms with Gasteiger partial charge < -0.3 is 15.8 Å². The van der Waals surface area contributed by atoms with Gasteiger partial charge in [0.2, 0.25) is 5.91 Å². The van der Waals surface area contributed by atoms with Gasteiger partial charge in [0.1, 0.15) is 0 Å². The Morgan fingerprint density at radius 2 is 2.12 bits per heavy atom. The van der Waals surface area contributed by atoms with Crippen LogP contribution in [0.15, 0.2) is 0 Å². The molecule has 1 fully saturated rings. The molecule has 16 heavy (non-hydrogen) atoms. The molecule has 0 aliphatic heterocycles. The zero-order valence-corrected chi connectivity index (χ0v) is 10.2. The van der Waals surface area contributed by atoms with Crippen LogP contribution < -0.4 is 11.1 Å². The summed E-state index contributed by atoms with van der Waals surface area (Å²) in [6, 6.07) is -0.182. The number of nitrogens with two attached hydrogens (primary N) is 1. The van der Waals surface area contributed by atoms with E-state index < -0.39 is 0 Å². The third-order valence-electron chi connectivity index (χ3n) is 3.33. The van der Waals surface area contributed by atoms with Gasteiger partial charge in [0, 0.05) is 13.7 Å². The first kappa shape index (κ1) is 13.5. The van der Waals surface area contributed by atoms with E-state index in [1.807, 2.05) is 0 Å². The number of ether oxygens (including phenoxy) is 1. The van der Waals surface area contributed by atoms with E-state index in [-0.39, 0.29) is 11.9 Å². The fraction of sp³-hybridized carbons (Fsp3) is 0.917. The number of methoxy groups -OCH3 is 1. The lowest BCUT2D eigenvalue weighted by atomic mass is 9.84. The molecule has 1 atom stereocenters. The van der Waals surface area contributed by atoms with E-state index in [1.165, 1.54) is 32.1 Å². The zero-order valence-electron chi connectivity index (χ0n) is 10.2. The SMILES string of the molecule is COCCNC(CC1CCCCC1)C(N)=O. The number of carbonyl (C=O) groups is 1. The molecule has 0 heterocycles. The number of nitrogens with one attached hydrogen (secondary N) is 1. The van der Waals surface area contributed by atoms with Crippen LogP contribution in [0.25, 0.3) is 0 Å². The third-order valence-corrected chi connectivity index (χ3v) is 3.33. The van der Waals surface area contributed by atoms with Crippen LogP contribution >= 0.6 is 0 Å². The third kappa shape index (κ3) is 4.94. The molecule has 1 rings (SSSR count). The number of rotatable bonds is 7. The summed E-state index contributed by atoms with van der Waals surface area (Å²) in [7, 11) is 1.65. The molecule has 94 valence electrons. The predicted molar refractivity (Wildman–Crippen MR) is 64.1 cm³/mol. The Morgan fingerprint density at radius 3 is 2.69 bits per heavy atom. The summed E-state index contributed by atoms with van der Waals surface area (Å²) in [4.78, 5) is 11.3.